The van der Waals surface area contributed by atoms with Crippen molar-refractivity contribution < 1.29 is 13.2 Å². The fourth-order valence-electron chi connectivity index (χ4n) is 3.94. The highest BCUT2D eigenvalue weighted by Gasteiger charge is 2.30. The second-order valence-corrected chi connectivity index (χ2v) is 12.8. The van der Waals surface area contributed by atoms with Crippen LogP contribution >= 0.6 is 58.0 Å². The number of para-hydroxylation sites is 1. The number of hydrogen-bond donors (Lipinski definition) is 2. The molecule has 194 valence electrons. The SMILES string of the molecule is Cc1ccc(S(=O)(=O)N2CCN(c3c(Cl)cccc3NC(=S)NC(=O)c3cc(I)ccc3Cl)CC2)cc1. The number of nitrogens with one attached hydrogen (secondary N) is 2. The Hall–Kier alpha value is -1.96. The van der Waals surface area contributed by atoms with E-state index in [2.05, 4.69) is 33.2 Å². The molecule has 0 atom stereocenters. The summed E-state index contributed by atoms with van der Waals surface area (Å²) in [7, 11) is -3.59. The van der Waals surface area contributed by atoms with Crippen LogP contribution in [0, 0.1) is 10.5 Å². The number of piperazine rings is 1. The molecule has 3 aromatic carbocycles. The van der Waals surface area contributed by atoms with E-state index in [0.717, 1.165) is 9.13 Å². The number of rotatable bonds is 5. The number of amides is 1. The molecule has 4 rings (SSSR count). The van der Waals surface area contributed by atoms with Gasteiger partial charge in [0, 0.05) is 29.7 Å². The fourth-order valence-corrected chi connectivity index (χ4v) is 6.56. The second-order valence-electron chi connectivity index (χ2n) is 8.37. The van der Waals surface area contributed by atoms with E-state index in [1.165, 1.54) is 4.31 Å². The Morgan fingerprint density at radius 3 is 2.32 bits per heavy atom. The molecule has 2 N–H and O–H groups in total. The number of carbonyl (C=O) groups excluding carboxylic acids is 1. The van der Waals surface area contributed by atoms with Crippen LogP contribution in [0.25, 0.3) is 0 Å². The maximum atomic E-state index is 13.1. The molecule has 7 nitrogen and oxygen atoms in total. The van der Waals surface area contributed by atoms with E-state index < -0.39 is 15.9 Å². The molecule has 1 saturated heterocycles. The number of hydrogen-bond acceptors (Lipinski definition) is 5. The van der Waals surface area contributed by atoms with E-state index in [1.54, 1.807) is 60.7 Å². The maximum Gasteiger partial charge on any atom is 0.258 e. The number of benzene rings is 3. The minimum atomic E-state index is -3.59. The van der Waals surface area contributed by atoms with Crippen molar-refractivity contribution in [1.29, 1.82) is 0 Å². The summed E-state index contributed by atoms with van der Waals surface area (Å²) in [5.41, 5.74) is 2.59. The number of thiocarbonyl (C=S) groups is 1. The number of carbonyl (C=O) groups is 1. The summed E-state index contributed by atoms with van der Waals surface area (Å²) in [5, 5.41) is 6.60. The summed E-state index contributed by atoms with van der Waals surface area (Å²) in [6.07, 6.45) is 0. The molecule has 1 amide bonds. The van der Waals surface area contributed by atoms with Crippen molar-refractivity contribution in [3.05, 3.63) is 85.4 Å². The molecule has 1 aliphatic rings. The molecule has 0 unspecified atom stereocenters. The average Bonchev–Trinajstić information content (AvgIpc) is 2.86. The van der Waals surface area contributed by atoms with E-state index in [9.17, 15) is 13.2 Å². The Morgan fingerprint density at radius 2 is 1.65 bits per heavy atom. The van der Waals surface area contributed by atoms with Gasteiger partial charge in [-0.05, 0) is 84.2 Å². The topological polar surface area (TPSA) is 81.8 Å². The van der Waals surface area contributed by atoms with Crippen LogP contribution in [0.15, 0.2) is 65.6 Å². The summed E-state index contributed by atoms with van der Waals surface area (Å²) >= 11 is 20.2. The Balaban J connectivity index is 1.46. The Kier molecular flexibility index (Phi) is 8.97. The lowest BCUT2D eigenvalue weighted by Gasteiger charge is -2.36. The third kappa shape index (κ3) is 6.55. The molecular formula is C25H23Cl2IN4O3S2. The highest BCUT2D eigenvalue weighted by Crippen LogP contribution is 2.35. The van der Waals surface area contributed by atoms with Crippen molar-refractivity contribution in [3.8, 4) is 0 Å². The minimum Gasteiger partial charge on any atom is -0.366 e. The van der Waals surface area contributed by atoms with Gasteiger partial charge in [0.2, 0.25) is 10.0 Å². The highest BCUT2D eigenvalue weighted by molar-refractivity contribution is 14.1. The second kappa shape index (κ2) is 11.8. The summed E-state index contributed by atoms with van der Waals surface area (Å²) in [6.45, 7) is 3.38. The number of anilines is 2. The molecular weight excluding hydrogens is 666 g/mol. The van der Waals surface area contributed by atoms with Crippen LogP contribution in [0.4, 0.5) is 11.4 Å². The summed E-state index contributed by atoms with van der Waals surface area (Å²) in [5.74, 6) is -0.431. The van der Waals surface area contributed by atoms with Crippen LogP contribution in [-0.2, 0) is 10.0 Å². The molecule has 0 radical (unpaired) electrons. The summed E-state index contributed by atoms with van der Waals surface area (Å²) < 4.78 is 28.5. The molecule has 0 bridgehead atoms. The highest BCUT2D eigenvalue weighted by atomic mass is 127. The van der Waals surface area contributed by atoms with Gasteiger partial charge < -0.3 is 10.2 Å². The van der Waals surface area contributed by atoms with E-state index in [1.807, 2.05) is 11.8 Å². The van der Waals surface area contributed by atoms with Gasteiger partial charge in [-0.1, -0.05) is 47.0 Å². The zero-order valence-corrected chi connectivity index (χ0v) is 25.0. The van der Waals surface area contributed by atoms with Crippen LogP contribution in [0.5, 0.6) is 0 Å². The van der Waals surface area contributed by atoms with Gasteiger partial charge in [-0.2, -0.15) is 4.31 Å². The third-order valence-electron chi connectivity index (χ3n) is 5.85. The molecule has 1 aliphatic heterocycles. The van der Waals surface area contributed by atoms with Crippen LogP contribution < -0.4 is 15.5 Å². The monoisotopic (exact) mass is 688 g/mol. The first-order valence-corrected chi connectivity index (χ1v) is 14.9. The number of sulfonamides is 1. The number of nitrogens with zero attached hydrogens (tertiary/aromatic N) is 2. The Morgan fingerprint density at radius 1 is 0.973 bits per heavy atom. The Labute approximate surface area is 245 Å². The average molecular weight is 689 g/mol. The Bertz CT molecular complexity index is 1440. The first kappa shape index (κ1) is 28.1. The van der Waals surface area contributed by atoms with Crippen molar-refractivity contribution in [2.24, 2.45) is 0 Å². The zero-order valence-electron chi connectivity index (χ0n) is 19.7. The van der Waals surface area contributed by atoms with Gasteiger partial charge in [0.15, 0.2) is 5.11 Å². The van der Waals surface area contributed by atoms with Crippen LogP contribution in [0.3, 0.4) is 0 Å². The molecule has 37 heavy (non-hydrogen) atoms. The van der Waals surface area contributed by atoms with Crippen molar-refractivity contribution >= 4 is 90.4 Å². The normalized spacial score (nSPS) is 14.3. The van der Waals surface area contributed by atoms with Crippen LogP contribution in [0.2, 0.25) is 10.0 Å². The minimum absolute atomic E-state index is 0.0871. The lowest BCUT2D eigenvalue weighted by Crippen LogP contribution is -2.49. The predicted molar refractivity (Wildman–Crippen MR) is 161 cm³/mol. The number of halogens is 3. The van der Waals surface area contributed by atoms with E-state index >= 15 is 0 Å². The van der Waals surface area contributed by atoms with Gasteiger partial charge >= 0.3 is 0 Å². The molecule has 12 heteroatoms. The fraction of sp³-hybridized carbons (Fsp3) is 0.200. The largest absolute Gasteiger partial charge is 0.366 e. The molecule has 1 heterocycles. The van der Waals surface area contributed by atoms with Gasteiger partial charge in [0.25, 0.3) is 5.91 Å². The molecule has 0 aliphatic carbocycles. The van der Waals surface area contributed by atoms with Crippen LogP contribution in [-0.4, -0.2) is 49.9 Å². The van der Waals surface area contributed by atoms with Gasteiger partial charge in [-0.3, -0.25) is 10.1 Å². The van der Waals surface area contributed by atoms with Gasteiger partial charge in [0.1, 0.15) is 0 Å². The van der Waals surface area contributed by atoms with Crippen molar-refractivity contribution in [3.63, 3.8) is 0 Å². The maximum absolute atomic E-state index is 13.1. The third-order valence-corrected chi connectivity index (χ3v) is 9.27. The molecule has 3 aromatic rings. The lowest BCUT2D eigenvalue weighted by molar-refractivity contribution is 0.0978. The van der Waals surface area contributed by atoms with E-state index in [-0.39, 0.29) is 10.0 Å². The smallest absolute Gasteiger partial charge is 0.258 e. The van der Waals surface area contributed by atoms with Crippen LogP contribution in [0.1, 0.15) is 15.9 Å². The van der Waals surface area contributed by atoms with Gasteiger partial charge in [0.05, 0.1) is 31.9 Å². The molecule has 0 saturated carbocycles. The first-order valence-electron chi connectivity index (χ1n) is 11.2. The van der Waals surface area contributed by atoms with Crippen molar-refractivity contribution in [2.75, 3.05) is 36.4 Å². The standard InChI is InChI=1S/C25H23Cl2IN4O3S2/c1-16-5-8-18(9-6-16)37(34,35)32-13-11-31(12-14-32)23-21(27)3-2-4-22(23)29-25(36)30-24(33)19-15-17(28)7-10-20(19)26/h2-10,15H,11-14H2,1H3,(H2,29,30,33,36). The van der Waals surface area contributed by atoms with Crippen molar-refractivity contribution in [1.82, 2.24) is 9.62 Å². The van der Waals surface area contributed by atoms with E-state index in [0.29, 0.717) is 53.2 Å². The van der Waals surface area contributed by atoms with Crippen molar-refractivity contribution in [2.45, 2.75) is 11.8 Å². The predicted octanol–water partition coefficient (Wildman–Crippen LogP) is 5.54. The zero-order chi connectivity index (χ0) is 26.7. The van der Waals surface area contributed by atoms with Gasteiger partial charge in [-0.25, -0.2) is 8.42 Å². The molecule has 0 aromatic heterocycles. The number of aryl methyl sites for hydroxylation is 1. The first-order chi connectivity index (χ1) is 17.6. The molecule has 1 fully saturated rings. The van der Waals surface area contributed by atoms with Gasteiger partial charge in [-0.15, -0.1) is 0 Å². The summed E-state index contributed by atoms with van der Waals surface area (Å²) in [6, 6.07) is 17.3. The molecule has 0 spiro atoms. The quantitative estimate of drug-likeness (QED) is 0.271. The lowest BCUT2D eigenvalue weighted by atomic mass is 10.2. The van der Waals surface area contributed by atoms with E-state index in [4.69, 9.17) is 35.4 Å². The summed E-state index contributed by atoms with van der Waals surface area (Å²) in [4.78, 5) is 15.0.